The maximum Gasteiger partial charge on any atom is 0.315 e. The lowest BCUT2D eigenvalue weighted by molar-refractivity contribution is -0.137. The van der Waals surface area contributed by atoms with E-state index in [4.69, 9.17) is 14.2 Å². The predicted octanol–water partition coefficient (Wildman–Crippen LogP) is 3.59. The summed E-state index contributed by atoms with van der Waals surface area (Å²) in [5.41, 5.74) is 1.36. The molecule has 2 aromatic rings. The monoisotopic (exact) mass is 328 g/mol. The standard InChI is InChI=1S/C19H20O5/c1-22-14-11-16(23-2)18(17(12-14)24-3)15(19(20)21)10-9-13-7-5-4-6-8-13/h4-12,15H,1-3H3,(H,20,21)/b10-9+. The number of hydrogen-bond donors (Lipinski definition) is 1. The van der Waals surface area contributed by atoms with E-state index in [1.165, 1.54) is 21.3 Å². The zero-order chi connectivity index (χ0) is 17.5. The van der Waals surface area contributed by atoms with E-state index < -0.39 is 11.9 Å². The summed E-state index contributed by atoms with van der Waals surface area (Å²) < 4.78 is 15.9. The number of carbonyl (C=O) groups is 1. The van der Waals surface area contributed by atoms with Crippen molar-refractivity contribution in [1.29, 1.82) is 0 Å². The van der Waals surface area contributed by atoms with Crippen molar-refractivity contribution in [3.63, 3.8) is 0 Å². The lowest BCUT2D eigenvalue weighted by atomic mass is 9.95. The van der Waals surface area contributed by atoms with Crippen LogP contribution < -0.4 is 14.2 Å². The predicted molar refractivity (Wildman–Crippen MR) is 92.0 cm³/mol. The molecule has 0 saturated carbocycles. The van der Waals surface area contributed by atoms with Gasteiger partial charge in [-0.25, -0.2) is 0 Å². The summed E-state index contributed by atoms with van der Waals surface area (Å²) in [6.07, 6.45) is 3.38. The number of carboxylic acids is 1. The normalized spacial score (nSPS) is 12.0. The van der Waals surface area contributed by atoms with Crippen LogP contribution in [0.3, 0.4) is 0 Å². The molecule has 0 radical (unpaired) electrons. The average molecular weight is 328 g/mol. The van der Waals surface area contributed by atoms with E-state index >= 15 is 0 Å². The fourth-order valence-electron chi connectivity index (χ4n) is 2.41. The second-order valence-electron chi connectivity index (χ2n) is 5.03. The van der Waals surface area contributed by atoms with Crippen molar-refractivity contribution in [1.82, 2.24) is 0 Å². The van der Waals surface area contributed by atoms with Gasteiger partial charge in [0, 0.05) is 12.1 Å². The van der Waals surface area contributed by atoms with Crippen LogP contribution in [0.5, 0.6) is 17.2 Å². The van der Waals surface area contributed by atoms with E-state index in [-0.39, 0.29) is 0 Å². The molecule has 0 aliphatic rings. The molecule has 24 heavy (non-hydrogen) atoms. The molecule has 2 aromatic carbocycles. The summed E-state index contributed by atoms with van der Waals surface area (Å²) in [6, 6.07) is 12.8. The van der Waals surface area contributed by atoms with Gasteiger partial charge in [-0.1, -0.05) is 42.5 Å². The summed E-state index contributed by atoms with van der Waals surface area (Å²) in [7, 11) is 4.49. The highest BCUT2D eigenvalue weighted by Crippen LogP contribution is 2.40. The Labute approximate surface area is 141 Å². The lowest BCUT2D eigenvalue weighted by Crippen LogP contribution is -2.12. The SMILES string of the molecule is COc1cc(OC)c(C(/C=C/c2ccccc2)C(=O)O)c(OC)c1. The molecule has 2 rings (SSSR count). The largest absolute Gasteiger partial charge is 0.496 e. The Morgan fingerprint density at radius 2 is 1.58 bits per heavy atom. The van der Waals surface area contributed by atoms with Crippen LogP contribution >= 0.6 is 0 Å². The Bertz CT molecular complexity index is 697. The molecule has 1 N–H and O–H groups in total. The maximum atomic E-state index is 11.8. The summed E-state index contributed by atoms with van der Waals surface area (Å²) in [4.78, 5) is 11.8. The zero-order valence-corrected chi connectivity index (χ0v) is 13.9. The van der Waals surface area contributed by atoms with Crippen LogP contribution in [-0.2, 0) is 4.79 Å². The van der Waals surface area contributed by atoms with Crippen LogP contribution in [0.4, 0.5) is 0 Å². The highest BCUT2D eigenvalue weighted by Gasteiger charge is 2.26. The molecule has 126 valence electrons. The minimum atomic E-state index is -0.996. The number of ether oxygens (including phenoxy) is 3. The minimum absolute atomic E-state index is 0.399. The van der Waals surface area contributed by atoms with Gasteiger partial charge in [-0.3, -0.25) is 4.79 Å². The van der Waals surface area contributed by atoms with Crippen molar-refractivity contribution in [3.8, 4) is 17.2 Å². The first-order chi connectivity index (χ1) is 11.6. The fraction of sp³-hybridized carbons (Fsp3) is 0.211. The van der Waals surface area contributed by atoms with Crippen molar-refractivity contribution in [3.05, 3.63) is 59.7 Å². The molecule has 0 saturated heterocycles. The van der Waals surface area contributed by atoms with Gasteiger partial charge in [-0.2, -0.15) is 0 Å². The summed E-state index contributed by atoms with van der Waals surface area (Å²) in [6.45, 7) is 0. The number of methoxy groups -OCH3 is 3. The van der Waals surface area contributed by atoms with E-state index in [0.717, 1.165) is 5.56 Å². The number of benzene rings is 2. The molecule has 0 fully saturated rings. The Morgan fingerprint density at radius 1 is 1.00 bits per heavy atom. The Morgan fingerprint density at radius 3 is 2.04 bits per heavy atom. The van der Waals surface area contributed by atoms with Gasteiger partial charge in [0.15, 0.2) is 0 Å². The molecular formula is C19H20O5. The number of carboxylic acid groups (broad SMARTS) is 1. The van der Waals surface area contributed by atoms with E-state index in [0.29, 0.717) is 22.8 Å². The number of aliphatic carboxylic acids is 1. The maximum absolute atomic E-state index is 11.8. The van der Waals surface area contributed by atoms with Crippen molar-refractivity contribution < 1.29 is 24.1 Å². The second-order valence-corrected chi connectivity index (χ2v) is 5.03. The van der Waals surface area contributed by atoms with Gasteiger partial charge in [0.25, 0.3) is 0 Å². The van der Waals surface area contributed by atoms with Crippen LogP contribution in [-0.4, -0.2) is 32.4 Å². The van der Waals surface area contributed by atoms with Gasteiger partial charge in [-0.05, 0) is 5.56 Å². The molecule has 5 nitrogen and oxygen atoms in total. The molecule has 1 unspecified atom stereocenters. The van der Waals surface area contributed by atoms with Gasteiger partial charge in [0.2, 0.25) is 0 Å². The Hall–Kier alpha value is -2.95. The average Bonchev–Trinajstić information content (AvgIpc) is 2.62. The summed E-state index contributed by atoms with van der Waals surface area (Å²) >= 11 is 0. The van der Waals surface area contributed by atoms with Gasteiger partial charge in [-0.15, -0.1) is 0 Å². The van der Waals surface area contributed by atoms with Gasteiger partial charge < -0.3 is 19.3 Å². The summed E-state index contributed by atoms with van der Waals surface area (Å²) in [5.74, 6) is -0.582. The third-order valence-corrected chi connectivity index (χ3v) is 3.61. The zero-order valence-electron chi connectivity index (χ0n) is 13.9. The van der Waals surface area contributed by atoms with Crippen LogP contribution in [0.25, 0.3) is 6.08 Å². The van der Waals surface area contributed by atoms with Crippen molar-refractivity contribution in [2.24, 2.45) is 0 Å². The van der Waals surface area contributed by atoms with Crippen molar-refractivity contribution >= 4 is 12.0 Å². The highest BCUT2D eigenvalue weighted by atomic mass is 16.5. The molecule has 0 spiro atoms. The molecule has 0 amide bonds. The second kappa shape index (κ2) is 8.06. The molecule has 0 aliphatic heterocycles. The first-order valence-electron chi connectivity index (χ1n) is 7.36. The van der Waals surface area contributed by atoms with E-state index in [2.05, 4.69) is 0 Å². The number of hydrogen-bond acceptors (Lipinski definition) is 4. The highest BCUT2D eigenvalue weighted by molar-refractivity contribution is 5.82. The van der Waals surface area contributed by atoms with Crippen molar-refractivity contribution in [2.45, 2.75) is 5.92 Å². The van der Waals surface area contributed by atoms with Gasteiger partial charge in [0.05, 0.1) is 26.9 Å². The Kier molecular flexibility index (Phi) is 5.84. The molecular weight excluding hydrogens is 308 g/mol. The molecule has 0 aromatic heterocycles. The topological polar surface area (TPSA) is 65.0 Å². The van der Waals surface area contributed by atoms with Crippen molar-refractivity contribution in [2.75, 3.05) is 21.3 Å². The summed E-state index contributed by atoms with van der Waals surface area (Å²) in [5, 5.41) is 9.68. The van der Waals surface area contributed by atoms with Gasteiger partial charge in [0.1, 0.15) is 23.2 Å². The Balaban J connectivity index is 2.51. The lowest BCUT2D eigenvalue weighted by Gasteiger charge is -2.18. The smallest absolute Gasteiger partial charge is 0.315 e. The quantitative estimate of drug-likeness (QED) is 0.841. The van der Waals surface area contributed by atoms with E-state index in [9.17, 15) is 9.90 Å². The van der Waals surface area contributed by atoms with E-state index in [1.807, 2.05) is 30.3 Å². The first kappa shape index (κ1) is 17.4. The van der Waals surface area contributed by atoms with Crippen LogP contribution in [0.1, 0.15) is 17.0 Å². The number of rotatable bonds is 7. The van der Waals surface area contributed by atoms with Crippen LogP contribution in [0, 0.1) is 0 Å². The first-order valence-corrected chi connectivity index (χ1v) is 7.36. The third-order valence-electron chi connectivity index (χ3n) is 3.61. The third kappa shape index (κ3) is 3.87. The molecule has 0 bridgehead atoms. The van der Waals surface area contributed by atoms with Crippen LogP contribution in [0.2, 0.25) is 0 Å². The molecule has 0 heterocycles. The molecule has 0 aliphatic carbocycles. The van der Waals surface area contributed by atoms with E-state index in [1.54, 1.807) is 24.3 Å². The van der Waals surface area contributed by atoms with Crippen LogP contribution in [0.15, 0.2) is 48.5 Å². The fourth-order valence-corrected chi connectivity index (χ4v) is 2.41. The minimum Gasteiger partial charge on any atom is -0.496 e. The molecule has 5 heteroatoms. The molecule has 1 atom stereocenters. The van der Waals surface area contributed by atoms with Gasteiger partial charge >= 0.3 is 5.97 Å².